The summed E-state index contributed by atoms with van der Waals surface area (Å²) in [6.45, 7) is 2.84. The molecule has 1 aliphatic rings. The van der Waals surface area contributed by atoms with Gasteiger partial charge in [0.2, 0.25) is 10.0 Å². The molecule has 1 unspecified atom stereocenters. The van der Waals surface area contributed by atoms with Crippen molar-refractivity contribution >= 4 is 37.4 Å². The van der Waals surface area contributed by atoms with Crippen LogP contribution in [0.5, 0.6) is 0 Å². The van der Waals surface area contributed by atoms with Crippen LogP contribution >= 0.6 is 0 Å². The molecule has 0 aliphatic carbocycles. The molecule has 1 amide bonds. The van der Waals surface area contributed by atoms with Gasteiger partial charge in [0, 0.05) is 12.2 Å². The summed E-state index contributed by atoms with van der Waals surface area (Å²) in [6.07, 6.45) is 0.292. The minimum Gasteiger partial charge on any atom is -0.452 e. The van der Waals surface area contributed by atoms with E-state index in [0.29, 0.717) is 17.7 Å². The summed E-state index contributed by atoms with van der Waals surface area (Å²) in [5.41, 5.74) is 1.02. The number of para-hydroxylation sites is 1. The first-order chi connectivity index (χ1) is 15.5. The van der Waals surface area contributed by atoms with Gasteiger partial charge in [0.1, 0.15) is 0 Å². The quantitative estimate of drug-likeness (QED) is 0.553. The van der Waals surface area contributed by atoms with Crippen molar-refractivity contribution in [2.24, 2.45) is 0 Å². The molecule has 9 nitrogen and oxygen atoms in total. The number of sulfonamides is 1. The van der Waals surface area contributed by atoms with Crippen molar-refractivity contribution in [2.45, 2.75) is 31.2 Å². The van der Waals surface area contributed by atoms with E-state index in [0.717, 1.165) is 0 Å². The van der Waals surface area contributed by atoms with Crippen LogP contribution in [-0.2, 0) is 29.4 Å². The fourth-order valence-corrected chi connectivity index (χ4v) is 6.43. The number of aryl methyl sites for hydroxylation is 1. The lowest BCUT2D eigenvalue weighted by atomic mass is 10.1. The van der Waals surface area contributed by atoms with Crippen LogP contribution in [0.3, 0.4) is 0 Å². The van der Waals surface area contributed by atoms with Crippen LogP contribution in [0, 0.1) is 6.92 Å². The highest BCUT2D eigenvalue weighted by Crippen LogP contribution is 2.25. The maximum absolute atomic E-state index is 13.0. The van der Waals surface area contributed by atoms with Crippen LogP contribution in [-0.4, -0.2) is 59.4 Å². The predicted molar refractivity (Wildman–Crippen MR) is 123 cm³/mol. The number of anilines is 1. The van der Waals surface area contributed by atoms with Crippen LogP contribution in [0.1, 0.15) is 29.3 Å². The highest BCUT2D eigenvalue weighted by Gasteiger charge is 2.36. The maximum Gasteiger partial charge on any atom is 0.338 e. The average molecular weight is 495 g/mol. The molecule has 33 heavy (non-hydrogen) atoms. The Morgan fingerprint density at radius 2 is 1.85 bits per heavy atom. The molecule has 0 radical (unpaired) electrons. The fraction of sp³-hybridized carbons (Fsp3) is 0.364. The molecule has 1 saturated heterocycles. The maximum atomic E-state index is 13.0. The lowest BCUT2D eigenvalue weighted by Gasteiger charge is -2.28. The molecule has 178 valence electrons. The number of hydrogen-bond donors (Lipinski definition) is 1. The van der Waals surface area contributed by atoms with Gasteiger partial charge in [-0.1, -0.05) is 31.2 Å². The highest BCUT2D eigenvalue weighted by atomic mass is 32.2. The molecular weight excluding hydrogens is 468 g/mol. The largest absolute Gasteiger partial charge is 0.452 e. The third-order valence-corrected chi connectivity index (χ3v) is 8.57. The zero-order valence-electron chi connectivity index (χ0n) is 18.4. The second-order valence-electron chi connectivity index (χ2n) is 7.71. The molecule has 1 atom stereocenters. The van der Waals surface area contributed by atoms with E-state index in [9.17, 15) is 26.4 Å². The summed E-state index contributed by atoms with van der Waals surface area (Å²) in [4.78, 5) is 27.0. The number of benzene rings is 2. The summed E-state index contributed by atoms with van der Waals surface area (Å²) in [5.74, 6) is -1.59. The molecule has 1 aliphatic heterocycles. The highest BCUT2D eigenvalue weighted by molar-refractivity contribution is 7.91. The Balaban J connectivity index is 1.79. The van der Waals surface area contributed by atoms with Crippen LogP contribution in [0.25, 0.3) is 0 Å². The number of hydrogen-bond acceptors (Lipinski definition) is 7. The summed E-state index contributed by atoms with van der Waals surface area (Å²) < 4.78 is 56.0. The first-order valence-corrected chi connectivity index (χ1v) is 13.7. The van der Waals surface area contributed by atoms with Gasteiger partial charge in [0.25, 0.3) is 5.91 Å². The molecule has 0 bridgehead atoms. The van der Waals surface area contributed by atoms with Gasteiger partial charge < -0.3 is 9.64 Å². The van der Waals surface area contributed by atoms with Gasteiger partial charge in [-0.05, 0) is 43.2 Å². The Labute approximate surface area is 193 Å². The standard InChI is InChI=1S/C22H26N2O7S2/c1-3-23-33(29,30)19-10-9-16(2)20(13-19)22(26)31-14-21(25)24(17-7-5-4-6-8-17)18-11-12-32(27,28)15-18/h4-10,13,18,23H,3,11-12,14-15H2,1-2H3. The first-order valence-electron chi connectivity index (χ1n) is 10.4. The number of ether oxygens (including phenoxy) is 1. The van der Waals surface area contributed by atoms with Gasteiger partial charge in [-0.2, -0.15) is 0 Å². The van der Waals surface area contributed by atoms with Crippen LogP contribution < -0.4 is 9.62 Å². The minimum atomic E-state index is -3.78. The Morgan fingerprint density at radius 3 is 2.45 bits per heavy atom. The molecule has 0 spiro atoms. The predicted octanol–water partition coefficient (Wildman–Crippen LogP) is 1.67. The topological polar surface area (TPSA) is 127 Å². The Morgan fingerprint density at radius 1 is 1.15 bits per heavy atom. The molecule has 0 aromatic heterocycles. The average Bonchev–Trinajstić information content (AvgIpc) is 3.12. The molecule has 1 heterocycles. The summed E-state index contributed by atoms with van der Waals surface area (Å²) in [5, 5.41) is 0. The van der Waals surface area contributed by atoms with Crippen molar-refractivity contribution in [3.63, 3.8) is 0 Å². The van der Waals surface area contributed by atoms with Crippen molar-refractivity contribution in [3.05, 3.63) is 59.7 Å². The normalized spacial score (nSPS) is 17.5. The molecule has 2 aromatic carbocycles. The van der Waals surface area contributed by atoms with E-state index in [2.05, 4.69) is 4.72 Å². The molecule has 0 saturated carbocycles. The van der Waals surface area contributed by atoms with Gasteiger partial charge >= 0.3 is 5.97 Å². The lowest BCUT2D eigenvalue weighted by molar-refractivity contribution is -0.122. The van der Waals surface area contributed by atoms with Gasteiger partial charge in [-0.3, -0.25) is 4.79 Å². The van der Waals surface area contributed by atoms with Crippen LogP contribution in [0.15, 0.2) is 53.4 Å². The second kappa shape index (κ2) is 10.0. The molecule has 2 aromatic rings. The van der Waals surface area contributed by atoms with E-state index in [4.69, 9.17) is 4.74 Å². The smallest absolute Gasteiger partial charge is 0.338 e. The third kappa shape index (κ3) is 5.98. The van der Waals surface area contributed by atoms with Gasteiger partial charge in [-0.25, -0.2) is 26.4 Å². The van der Waals surface area contributed by atoms with Crippen molar-refractivity contribution < 1.29 is 31.2 Å². The van der Waals surface area contributed by atoms with E-state index >= 15 is 0 Å². The molecule has 1 fully saturated rings. The lowest BCUT2D eigenvalue weighted by Crippen LogP contribution is -2.43. The molecule has 3 rings (SSSR count). The Hall–Kier alpha value is -2.76. The van der Waals surface area contributed by atoms with Gasteiger partial charge in [0.05, 0.1) is 28.0 Å². The zero-order valence-corrected chi connectivity index (χ0v) is 20.0. The van der Waals surface area contributed by atoms with Crippen LogP contribution in [0.4, 0.5) is 5.69 Å². The van der Waals surface area contributed by atoms with Crippen molar-refractivity contribution in [1.82, 2.24) is 4.72 Å². The van der Waals surface area contributed by atoms with Crippen molar-refractivity contribution in [3.8, 4) is 0 Å². The van der Waals surface area contributed by atoms with Gasteiger partial charge in [0.15, 0.2) is 16.4 Å². The second-order valence-corrected chi connectivity index (χ2v) is 11.7. The number of nitrogens with one attached hydrogen (secondary N) is 1. The Kier molecular flexibility index (Phi) is 7.55. The fourth-order valence-electron chi connectivity index (χ4n) is 3.66. The Bertz CT molecular complexity index is 1240. The third-order valence-electron chi connectivity index (χ3n) is 5.28. The zero-order chi connectivity index (χ0) is 24.2. The van der Waals surface area contributed by atoms with E-state index in [1.807, 2.05) is 0 Å². The van der Waals surface area contributed by atoms with Gasteiger partial charge in [-0.15, -0.1) is 0 Å². The summed E-state index contributed by atoms with van der Waals surface area (Å²) >= 11 is 0. The monoisotopic (exact) mass is 494 g/mol. The number of rotatable bonds is 8. The number of esters is 1. The minimum absolute atomic E-state index is 0.0136. The number of sulfone groups is 1. The molecule has 1 N–H and O–H groups in total. The number of carbonyl (C=O) groups excluding carboxylic acids is 2. The number of carbonyl (C=O) groups is 2. The van der Waals surface area contributed by atoms with E-state index in [1.54, 1.807) is 44.2 Å². The SMILES string of the molecule is CCNS(=O)(=O)c1ccc(C)c(C(=O)OCC(=O)N(c2ccccc2)C2CCS(=O)(=O)C2)c1. The van der Waals surface area contributed by atoms with E-state index in [1.165, 1.54) is 23.1 Å². The number of amides is 1. The summed E-state index contributed by atoms with van der Waals surface area (Å²) in [7, 11) is -7.03. The van der Waals surface area contributed by atoms with Crippen LogP contribution in [0.2, 0.25) is 0 Å². The molecule has 11 heteroatoms. The summed E-state index contributed by atoms with van der Waals surface area (Å²) in [6, 6.07) is 12.1. The molecular formula is C22H26N2O7S2. The van der Waals surface area contributed by atoms with E-state index in [-0.39, 0.29) is 28.5 Å². The van der Waals surface area contributed by atoms with Crippen molar-refractivity contribution in [1.29, 1.82) is 0 Å². The van der Waals surface area contributed by atoms with E-state index < -0.39 is 44.4 Å². The first kappa shape index (κ1) is 24.9. The van der Waals surface area contributed by atoms with Crippen molar-refractivity contribution in [2.75, 3.05) is 29.6 Å². The number of nitrogens with zero attached hydrogens (tertiary/aromatic N) is 1.